The smallest absolute Gasteiger partial charge is 0.303 e. The number of carboxylic acids is 1. The van der Waals surface area contributed by atoms with E-state index in [2.05, 4.69) is 5.32 Å². The van der Waals surface area contributed by atoms with E-state index in [1.165, 1.54) is 0 Å². The summed E-state index contributed by atoms with van der Waals surface area (Å²) in [5.74, 6) is -0.937. The lowest BCUT2D eigenvalue weighted by molar-refractivity contribution is -0.137. The number of hydrogen-bond donors (Lipinski definition) is 3. The van der Waals surface area contributed by atoms with Crippen LogP contribution in [0, 0.1) is 0 Å². The number of nitrogens with two attached hydrogens (primary N) is 1. The Morgan fingerprint density at radius 3 is 2.50 bits per heavy atom. The second kappa shape index (κ2) is 7.32. The number of aliphatic carboxylic acids is 1. The van der Waals surface area contributed by atoms with Crippen LogP contribution in [0.4, 0.5) is 0 Å². The minimum atomic E-state index is -0.774. The molecule has 82 valence electrons. The summed E-state index contributed by atoms with van der Waals surface area (Å²) in [6.07, 6.45) is 2.46. The molecule has 0 bridgehead atoms. The molecule has 0 aliphatic heterocycles. The number of carboxylic acid groups (broad SMARTS) is 1. The number of amides is 1. The van der Waals surface area contributed by atoms with Crippen LogP contribution in [-0.4, -0.2) is 29.6 Å². The zero-order valence-electron chi connectivity index (χ0n) is 8.45. The van der Waals surface area contributed by atoms with Crippen molar-refractivity contribution in [1.29, 1.82) is 0 Å². The predicted octanol–water partition coefficient (Wildman–Crippen LogP) is 0.0948. The normalized spacial score (nSPS) is 12.1. The van der Waals surface area contributed by atoms with E-state index < -0.39 is 12.0 Å². The van der Waals surface area contributed by atoms with Gasteiger partial charge >= 0.3 is 5.97 Å². The third-order valence-corrected chi connectivity index (χ3v) is 1.78. The first-order valence-corrected chi connectivity index (χ1v) is 4.79. The molecule has 0 saturated heterocycles. The van der Waals surface area contributed by atoms with Gasteiger partial charge in [0.25, 0.3) is 0 Å². The predicted molar refractivity (Wildman–Crippen MR) is 52.8 cm³/mol. The molecule has 0 fully saturated rings. The molecule has 0 aliphatic rings. The van der Waals surface area contributed by atoms with Gasteiger partial charge in [0.05, 0.1) is 6.04 Å². The number of carbonyl (C=O) groups excluding carboxylic acids is 1. The lowest BCUT2D eigenvalue weighted by Gasteiger charge is -2.06. The third-order valence-electron chi connectivity index (χ3n) is 1.78. The fourth-order valence-electron chi connectivity index (χ4n) is 0.951. The topological polar surface area (TPSA) is 92.4 Å². The number of carbonyl (C=O) groups is 2. The Morgan fingerprint density at radius 1 is 1.36 bits per heavy atom. The number of nitrogens with one attached hydrogen (secondary N) is 1. The zero-order valence-corrected chi connectivity index (χ0v) is 8.45. The summed E-state index contributed by atoms with van der Waals surface area (Å²) < 4.78 is 0. The van der Waals surface area contributed by atoms with Gasteiger partial charge < -0.3 is 16.2 Å². The van der Waals surface area contributed by atoms with E-state index in [1.807, 2.05) is 0 Å². The van der Waals surface area contributed by atoms with Crippen molar-refractivity contribution in [3.05, 3.63) is 0 Å². The van der Waals surface area contributed by atoms with Crippen LogP contribution in [0.2, 0.25) is 0 Å². The molecule has 1 amide bonds. The van der Waals surface area contributed by atoms with Gasteiger partial charge in [0.1, 0.15) is 0 Å². The van der Waals surface area contributed by atoms with Crippen LogP contribution < -0.4 is 11.1 Å². The molecular weight excluding hydrogens is 184 g/mol. The first kappa shape index (κ1) is 12.9. The van der Waals surface area contributed by atoms with Gasteiger partial charge in [0.15, 0.2) is 0 Å². The highest BCUT2D eigenvalue weighted by Crippen LogP contribution is 1.98. The molecule has 5 heteroatoms. The Balaban J connectivity index is 3.22. The maximum absolute atomic E-state index is 11.0. The van der Waals surface area contributed by atoms with Crippen LogP contribution in [-0.2, 0) is 9.59 Å². The van der Waals surface area contributed by atoms with E-state index in [4.69, 9.17) is 10.8 Å². The standard InChI is InChI=1S/C9H18N2O3/c1-7(10)9(14)11-6-4-2-3-5-8(12)13/h7H,2-6,10H2,1H3,(H,11,14)(H,12,13). The molecule has 0 heterocycles. The second-order valence-corrected chi connectivity index (χ2v) is 3.28. The van der Waals surface area contributed by atoms with Gasteiger partial charge in [-0.1, -0.05) is 6.42 Å². The van der Waals surface area contributed by atoms with Crippen molar-refractivity contribution in [3.8, 4) is 0 Å². The van der Waals surface area contributed by atoms with Gasteiger partial charge in [-0.2, -0.15) is 0 Å². The second-order valence-electron chi connectivity index (χ2n) is 3.28. The van der Waals surface area contributed by atoms with Gasteiger partial charge in [-0.15, -0.1) is 0 Å². The molecule has 5 nitrogen and oxygen atoms in total. The van der Waals surface area contributed by atoms with E-state index in [0.29, 0.717) is 13.0 Å². The van der Waals surface area contributed by atoms with Crippen LogP contribution in [0.1, 0.15) is 32.6 Å². The maximum Gasteiger partial charge on any atom is 0.303 e. The first-order chi connectivity index (χ1) is 6.54. The fraction of sp³-hybridized carbons (Fsp3) is 0.778. The van der Waals surface area contributed by atoms with Crippen molar-refractivity contribution in [1.82, 2.24) is 5.32 Å². The number of unbranched alkanes of at least 4 members (excludes halogenated alkanes) is 2. The molecule has 0 aliphatic carbocycles. The van der Waals surface area contributed by atoms with Crippen molar-refractivity contribution in [3.63, 3.8) is 0 Å². The molecule has 0 spiro atoms. The lowest BCUT2D eigenvalue weighted by atomic mass is 10.2. The van der Waals surface area contributed by atoms with Crippen LogP contribution in [0.5, 0.6) is 0 Å². The Morgan fingerprint density at radius 2 is 2.00 bits per heavy atom. The number of rotatable bonds is 7. The third kappa shape index (κ3) is 7.54. The molecule has 1 unspecified atom stereocenters. The molecule has 0 aromatic heterocycles. The fourth-order valence-corrected chi connectivity index (χ4v) is 0.951. The zero-order chi connectivity index (χ0) is 11.0. The van der Waals surface area contributed by atoms with Gasteiger partial charge in [0, 0.05) is 13.0 Å². The monoisotopic (exact) mass is 202 g/mol. The van der Waals surface area contributed by atoms with Crippen LogP contribution in [0.15, 0.2) is 0 Å². The van der Waals surface area contributed by atoms with Crippen LogP contribution in [0.25, 0.3) is 0 Å². The van der Waals surface area contributed by atoms with Gasteiger partial charge in [-0.05, 0) is 19.8 Å². The van der Waals surface area contributed by atoms with Crippen molar-refractivity contribution in [2.45, 2.75) is 38.6 Å². The van der Waals surface area contributed by atoms with Crippen LogP contribution in [0.3, 0.4) is 0 Å². The van der Waals surface area contributed by atoms with E-state index in [0.717, 1.165) is 12.8 Å². The summed E-state index contributed by atoms with van der Waals surface area (Å²) in [5, 5.41) is 11.0. The average Bonchev–Trinajstić information content (AvgIpc) is 2.09. The van der Waals surface area contributed by atoms with Crippen molar-refractivity contribution in [2.24, 2.45) is 5.73 Å². The summed E-state index contributed by atoms with van der Waals surface area (Å²) in [4.78, 5) is 21.1. The Labute approximate surface area is 83.7 Å². The maximum atomic E-state index is 11.0. The first-order valence-electron chi connectivity index (χ1n) is 4.79. The van der Waals surface area contributed by atoms with Crippen LogP contribution >= 0.6 is 0 Å². The summed E-state index contributed by atoms with van der Waals surface area (Å²) in [6, 6.07) is -0.478. The molecule has 14 heavy (non-hydrogen) atoms. The van der Waals surface area contributed by atoms with Crippen molar-refractivity contribution < 1.29 is 14.7 Å². The quantitative estimate of drug-likeness (QED) is 0.510. The molecule has 0 rings (SSSR count). The lowest BCUT2D eigenvalue weighted by Crippen LogP contribution is -2.38. The highest BCUT2D eigenvalue weighted by molar-refractivity contribution is 5.80. The van der Waals surface area contributed by atoms with E-state index >= 15 is 0 Å². The summed E-state index contributed by atoms with van der Waals surface area (Å²) in [6.45, 7) is 2.19. The summed E-state index contributed by atoms with van der Waals surface area (Å²) >= 11 is 0. The molecule has 0 radical (unpaired) electrons. The number of hydrogen-bond acceptors (Lipinski definition) is 3. The molecule has 0 aromatic carbocycles. The Kier molecular flexibility index (Phi) is 6.74. The molecule has 0 aromatic rings. The molecular formula is C9H18N2O3. The summed E-state index contributed by atoms with van der Waals surface area (Å²) in [5.41, 5.74) is 5.33. The molecule has 4 N–H and O–H groups in total. The minimum Gasteiger partial charge on any atom is -0.481 e. The Bertz CT molecular complexity index is 192. The minimum absolute atomic E-state index is 0.164. The molecule has 1 atom stereocenters. The Hall–Kier alpha value is -1.10. The summed E-state index contributed by atoms with van der Waals surface area (Å²) in [7, 11) is 0. The SMILES string of the molecule is CC(N)C(=O)NCCCCCC(=O)O. The van der Waals surface area contributed by atoms with Gasteiger partial charge in [-0.3, -0.25) is 9.59 Å². The van der Waals surface area contributed by atoms with Gasteiger partial charge in [0.2, 0.25) is 5.91 Å². The highest BCUT2D eigenvalue weighted by Gasteiger charge is 2.04. The average molecular weight is 202 g/mol. The van der Waals surface area contributed by atoms with Crippen molar-refractivity contribution in [2.75, 3.05) is 6.54 Å². The van der Waals surface area contributed by atoms with E-state index in [1.54, 1.807) is 6.92 Å². The van der Waals surface area contributed by atoms with E-state index in [9.17, 15) is 9.59 Å². The van der Waals surface area contributed by atoms with E-state index in [-0.39, 0.29) is 12.3 Å². The largest absolute Gasteiger partial charge is 0.481 e. The van der Waals surface area contributed by atoms with Gasteiger partial charge in [-0.25, -0.2) is 0 Å². The van der Waals surface area contributed by atoms with Crippen molar-refractivity contribution >= 4 is 11.9 Å². The molecule has 0 saturated carbocycles. The highest BCUT2D eigenvalue weighted by atomic mass is 16.4.